The van der Waals surface area contributed by atoms with Crippen LogP contribution in [0.1, 0.15) is 17.2 Å². The first-order valence-electron chi connectivity index (χ1n) is 5.50. The third kappa shape index (κ3) is 3.70. The van der Waals surface area contributed by atoms with Crippen molar-refractivity contribution in [1.29, 1.82) is 0 Å². The minimum Gasteiger partial charge on any atom is -0.388 e. The highest BCUT2D eigenvalue weighted by Gasteiger charge is 2.09. The van der Waals surface area contributed by atoms with Crippen LogP contribution < -0.4 is 0 Å². The van der Waals surface area contributed by atoms with Crippen molar-refractivity contribution < 1.29 is 5.11 Å². The molecule has 0 fully saturated rings. The lowest BCUT2D eigenvalue weighted by molar-refractivity contribution is 0.204. The first kappa shape index (κ1) is 13.3. The molecule has 0 saturated heterocycles. The van der Waals surface area contributed by atoms with E-state index in [4.69, 9.17) is 11.6 Å². The van der Waals surface area contributed by atoms with E-state index < -0.39 is 6.10 Å². The summed E-state index contributed by atoms with van der Waals surface area (Å²) in [4.78, 5) is 8.36. The Morgan fingerprint density at radius 2 is 1.83 bits per heavy atom. The number of rotatable bonds is 4. The third-order valence-corrected chi connectivity index (χ3v) is 3.59. The number of halogens is 1. The molecule has 18 heavy (non-hydrogen) atoms. The Kier molecular flexibility index (Phi) is 4.58. The first-order chi connectivity index (χ1) is 8.65. The van der Waals surface area contributed by atoms with Crippen molar-refractivity contribution in [1.82, 2.24) is 9.97 Å². The molecular weight excluding hydrogens is 268 g/mol. The Labute approximate surface area is 115 Å². The van der Waals surface area contributed by atoms with Gasteiger partial charge in [0.15, 0.2) is 5.16 Å². The lowest BCUT2D eigenvalue weighted by Gasteiger charge is -2.09. The average molecular weight is 281 g/mol. The molecule has 3 nitrogen and oxygen atoms in total. The van der Waals surface area contributed by atoms with E-state index in [1.165, 1.54) is 11.8 Å². The molecular formula is C13H13ClN2OS. The van der Waals surface area contributed by atoms with Gasteiger partial charge < -0.3 is 5.11 Å². The molecule has 0 saturated carbocycles. The molecule has 0 amide bonds. The van der Waals surface area contributed by atoms with Gasteiger partial charge >= 0.3 is 0 Å². The van der Waals surface area contributed by atoms with E-state index in [-0.39, 0.29) is 0 Å². The standard InChI is InChI=1S/C13H13ClN2OS/c1-9-6-15-13(16-7-9)18-8-12(17)10-2-4-11(14)5-3-10/h2-7,12,17H,8H2,1H3. The summed E-state index contributed by atoms with van der Waals surface area (Å²) in [6.07, 6.45) is 2.99. The van der Waals surface area contributed by atoms with Crippen LogP contribution in [0.2, 0.25) is 5.02 Å². The molecule has 1 unspecified atom stereocenters. The van der Waals surface area contributed by atoms with Gasteiger partial charge in [-0.2, -0.15) is 0 Å². The van der Waals surface area contributed by atoms with Crippen LogP contribution in [0.4, 0.5) is 0 Å². The number of thioether (sulfide) groups is 1. The molecule has 2 rings (SSSR count). The van der Waals surface area contributed by atoms with Crippen LogP contribution in [0.25, 0.3) is 0 Å². The molecule has 1 aromatic carbocycles. The molecule has 5 heteroatoms. The van der Waals surface area contributed by atoms with Crippen LogP contribution >= 0.6 is 23.4 Å². The maximum absolute atomic E-state index is 10.0. The van der Waals surface area contributed by atoms with Gasteiger partial charge in [0.25, 0.3) is 0 Å². The van der Waals surface area contributed by atoms with Gasteiger partial charge in [0.2, 0.25) is 0 Å². The molecule has 94 valence electrons. The van der Waals surface area contributed by atoms with E-state index in [1.807, 2.05) is 19.1 Å². The van der Waals surface area contributed by atoms with Crippen LogP contribution in [-0.4, -0.2) is 20.8 Å². The zero-order chi connectivity index (χ0) is 13.0. The van der Waals surface area contributed by atoms with E-state index in [1.54, 1.807) is 24.5 Å². The molecule has 0 aliphatic rings. The number of hydrogen-bond acceptors (Lipinski definition) is 4. The van der Waals surface area contributed by atoms with Gasteiger partial charge in [-0.25, -0.2) is 9.97 Å². The second kappa shape index (κ2) is 6.18. The number of aromatic nitrogens is 2. The molecule has 1 aromatic heterocycles. The topological polar surface area (TPSA) is 46.0 Å². The summed E-state index contributed by atoms with van der Waals surface area (Å²) in [5.41, 5.74) is 1.87. The summed E-state index contributed by atoms with van der Waals surface area (Å²) in [6.45, 7) is 1.94. The molecule has 0 aliphatic heterocycles. The SMILES string of the molecule is Cc1cnc(SCC(O)c2ccc(Cl)cc2)nc1. The maximum atomic E-state index is 10.0. The van der Waals surface area contributed by atoms with Crippen molar-refractivity contribution in [3.63, 3.8) is 0 Å². The summed E-state index contributed by atoms with van der Waals surface area (Å²) in [6, 6.07) is 7.19. The van der Waals surface area contributed by atoms with E-state index in [0.717, 1.165) is 11.1 Å². The Morgan fingerprint density at radius 3 is 2.44 bits per heavy atom. The number of hydrogen-bond donors (Lipinski definition) is 1. The number of aryl methyl sites for hydroxylation is 1. The van der Waals surface area contributed by atoms with E-state index in [0.29, 0.717) is 15.9 Å². The number of aliphatic hydroxyl groups is 1. The van der Waals surface area contributed by atoms with Gasteiger partial charge in [0, 0.05) is 23.2 Å². The minimum atomic E-state index is -0.544. The monoisotopic (exact) mass is 280 g/mol. The smallest absolute Gasteiger partial charge is 0.187 e. The number of benzene rings is 1. The van der Waals surface area contributed by atoms with Gasteiger partial charge in [-0.1, -0.05) is 35.5 Å². The Hall–Kier alpha value is -1.10. The summed E-state index contributed by atoms with van der Waals surface area (Å²) >= 11 is 7.23. The van der Waals surface area contributed by atoms with Crippen molar-refractivity contribution in [3.05, 3.63) is 52.8 Å². The minimum absolute atomic E-state index is 0.519. The van der Waals surface area contributed by atoms with E-state index in [9.17, 15) is 5.11 Å². The normalized spacial score (nSPS) is 12.4. The fraction of sp³-hybridized carbons (Fsp3) is 0.231. The second-order valence-electron chi connectivity index (χ2n) is 3.92. The largest absolute Gasteiger partial charge is 0.388 e. The van der Waals surface area contributed by atoms with Crippen LogP contribution in [-0.2, 0) is 0 Å². The van der Waals surface area contributed by atoms with Gasteiger partial charge in [-0.3, -0.25) is 0 Å². The molecule has 0 aliphatic carbocycles. The predicted molar refractivity (Wildman–Crippen MR) is 73.9 cm³/mol. The van der Waals surface area contributed by atoms with Crippen molar-refractivity contribution in [2.45, 2.75) is 18.2 Å². The van der Waals surface area contributed by atoms with Gasteiger partial charge in [0.05, 0.1) is 6.10 Å². The first-order valence-corrected chi connectivity index (χ1v) is 6.86. The lowest BCUT2D eigenvalue weighted by atomic mass is 10.1. The summed E-state index contributed by atoms with van der Waals surface area (Å²) in [5, 5.41) is 11.3. The molecule has 2 aromatic rings. The van der Waals surface area contributed by atoms with Crippen molar-refractivity contribution in [2.75, 3.05) is 5.75 Å². The Bertz CT molecular complexity index is 501. The second-order valence-corrected chi connectivity index (χ2v) is 5.34. The Balaban J connectivity index is 1.93. The van der Waals surface area contributed by atoms with Gasteiger partial charge in [0.1, 0.15) is 0 Å². The predicted octanol–water partition coefficient (Wildman–Crippen LogP) is 3.26. The van der Waals surface area contributed by atoms with Crippen molar-refractivity contribution in [3.8, 4) is 0 Å². The molecule has 0 bridgehead atoms. The number of nitrogens with zero attached hydrogens (tertiary/aromatic N) is 2. The lowest BCUT2D eigenvalue weighted by Crippen LogP contribution is -2.01. The molecule has 0 spiro atoms. The zero-order valence-electron chi connectivity index (χ0n) is 9.88. The quantitative estimate of drug-likeness (QED) is 0.690. The molecule has 1 N–H and O–H groups in total. The summed E-state index contributed by atoms with van der Waals surface area (Å²) in [7, 11) is 0. The highest BCUT2D eigenvalue weighted by Crippen LogP contribution is 2.23. The zero-order valence-corrected chi connectivity index (χ0v) is 11.4. The Morgan fingerprint density at radius 1 is 1.22 bits per heavy atom. The fourth-order valence-electron chi connectivity index (χ4n) is 1.39. The van der Waals surface area contributed by atoms with Crippen LogP contribution in [0.5, 0.6) is 0 Å². The molecule has 0 radical (unpaired) electrons. The van der Waals surface area contributed by atoms with Gasteiger partial charge in [-0.05, 0) is 30.2 Å². The van der Waals surface area contributed by atoms with Crippen LogP contribution in [0, 0.1) is 6.92 Å². The van der Waals surface area contributed by atoms with E-state index in [2.05, 4.69) is 9.97 Å². The average Bonchev–Trinajstić information content (AvgIpc) is 2.38. The fourth-order valence-corrected chi connectivity index (χ4v) is 2.27. The van der Waals surface area contributed by atoms with Gasteiger partial charge in [-0.15, -0.1) is 0 Å². The molecule has 1 atom stereocenters. The summed E-state index contributed by atoms with van der Waals surface area (Å²) < 4.78 is 0. The number of aliphatic hydroxyl groups excluding tert-OH is 1. The van der Waals surface area contributed by atoms with Crippen molar-refractivity contribution >= 4 is 23.4 Å². The van der Waals surface area contributed by atoms with Crippen LogP contribution in [0.3, 0.4) is 0 Å². The third-order valence-electron chi connectivity index (χ3n) is 2.38. The highest BCUT2D eigenvalue weighted by molar-refractivity contribution is 7.99. The maximum Gasteiger partial charge on any atom is 0.187 e. The van der Waals surface area contributed by atoms with Crippen molar-refractivity contribution in [2.24, 2.45) is 0 Å². The summed E-state index contributed by atoms with van der Waals surface area (Å²) in [5.74, 6) is 0.519. The highest BCUT2D eigenvalue weighted by atomic mass is 35.5. The molecule has 1 heterocycles. The van der Waals surface area contributed by atoms with E-state index >= 15 is 0 Å². The van der Waals surface area contributed by atoms with Crippen LogP contribution in [0.15, 0.2) is 41.8 Å².